The lowest BCUT2D eigenvalue weighted by molar-refractivity contribution is -0.671. The fraction of sp³-hybridized carbons (Fsp3) is 0.618. The van der Waals surface area contributed by atoms with Gasteiger partial charge < -0.3 is 24.1 Å². The van der Waals surface area contributed by atoms with Gasteiger partial charge in [-0.25, -0.2) is 22.3 Å². The number of benzene rings is 1. The average Bonchev–Trinajstić information content (AvgIpc) is 3.44. The molecular weight excluding hydrogens is 642 g/mol. The summed E-state index contributed by atoms with van der Waals surface area (Å²) in [4.78, 5) is 46.8. The summed E-state index contributed by atoms with van der Waals surface area (Å²) in [5.41, 5.74) is 0.662. The number of anilines is 1. The van der Waals surface area contributed by atoms with E-state index >= 15 is 0 Å². The summed E-state index contributed by atoms with van der Waals surface area (Å²) in [6.07, 6.45) is 12.0. The molecule has 3 atom stereocenters. The Morgan fingerprint density at radius 2 is 1.46 bits per heavy atom. The number of unbranched alkanes of at least 4 members (excludes halogenated alkanes) is 2. The molecule has 2 rings (SSSR count). The highest BCUT2D eigenvalue weighted by atomic mass is 32.2. The highest BCUT2D eigenvalue weighted by molar-refractivity contribution is 7.87. The molecule has 0 saturated carbocycles. The average molecular weight is 696 g/mol. The maximum atomic E-state index is 12.1. The van der Waals surface area contributed by atoms with E-state index < -0.39 is 33.7 Å². The van der Waals surface area contributed by atoms with E-state index in [0.29, 0.717) is 11.4 Å². The second-order valence-corrected chi connectivity index (χ2v) is 13.3. The third-order valence-electron chi connectivity index (χ3n) is 7.53. The number of hydrogen-bond acceptors (Lipinski definition) is 10. The summed E-state index contributed by atoms with van der Waals surface area (Å²) in [7, 11) is -3.14. The molecule has 13 nitrogen and oxygen atoms in total. The van der Waals surface area contributed by atoms with Crippen LogP contribution in [-0.4, -0.2) is 59.8 Å². The van der Waals surface area contributed by atoms with Gasteiger partial charge in [0.05, 0.1) is 26.7 Å². The molecule has 1 N–H and O–H groups in total. The zero-order valence-corrected chi connectivity index (χ0v) is 30.0. The van der Waals surface area contributed by atoms with Gasteiger partial charge in [0.2, 0.25) is 12.2 Å². The van der Waals surface area contributed by atoms with E-state index in [-0.39, 0.29) is 43.5 Å². The number of imidazole rings is 1. The maximum Gasteiger partial charge on any atom is 0.353 e. The smallest absolute Gasteiger partial charge is 0.353 e. The van der Waals surface area contributed by atoms with Crippen molar-refractivity contribution in [3.8, 4) is 5.75 Å². The second kappa shape index (κ2) is 22.7. The Bertz CT molecular complexity index is 1380. The fourth-order valence-electron chi connectivity index (χ4n) is 4.53. The van der Waals surface area contributed by atoms with Crippen LogP contribution in [0.3, 0.4) is 0 Å². The highest BCUT2D eigenvalue weighted by Gasteiger charge is 2.31. The fourth-order valence-corrected chi connectivity index (χ4v) is 5.18. The highest BCUT2D eigenvalue weighted by Crippen LogP contribution is 2.18. The number of ether oxygens (including phenoxy) is 3. The minimum Gasteiger partial charge on any atom is -0.747 e. The number of nitrogens with one attached hydrogen (secondary N) is 1. The van der Waals surface area contributed by atoms with Crippen LogP contribution in [0.4, 0.5) is 5.69 Å². The van der Waals surface area contributed by atoms with Crippen LogP contribution in [0.1, 0.15) is 92.4 Å². The second-order valence-electron chi connectivity index (χ2n) is 11.8. The molecule has 1 aromatic heterocycles. The summed E-state index contributed by atoms with van der Waals surface area (Å²) in [6.45, 7) is 9.85. The third-order valence-corrected chi connectivity index (χ3v) is 8.59. The number of amides is 1. The van der Waals surface area contributed by atoms with Crippen LogP contribution in [0.2, 0.25) is 0 Å². The van der Waals surface area contributed by atoms with Crippen molar-refractivity contribution in [1.82, 2.24) is 4.57 Å². The third kappa shape index (κ3) is 17.9. The first-order valence-electron chi connectivity index (χ1n) is 16.6. The van der Waals surface area contributed by atoms with Crippen LogP contribution in [0.5, 0.6) is 5.75 Å². The number of carbonyl (C=O) groups excluding carboxylic acids is 4. The molecule has 0 saturated heterocycles. The first-order valence-corrected chi connectivity index (χ1v) is 18.1. The Morgan fingerprint density at radius 3 is 1.92 bits per heavy atom. The minimum absolute atomic E-state index is 0.0470. The molecule has 0 spiro atoms. The van der Waals surface area contributed by atoms with Gasteiger partial charge >= 0.3 is 17.9 Å². The molecule has 3 unspecified atom stereocenters. The first kappa shape index (κ1) is 42.2. The van der Waals surface area contributed by atoms with Gasteiger partial charge in [0.1, 0.15) is 28.3 Å². The van der Waals surface area contributed by atoms with Gasteiger partial charge in [-0.05, 0) is 48.9 Å². The van der Waals surface area contributed by atoms with E-state index in [0.717, 1.165) is 51.4 Å². The molecule has 1 aromatic carbocycles. The van der Waals surface area contributed by atoms with E-state index in [4.69, 9.17) is 14.2 Å². The Hall–Kier alpha value is -3.78. The van der Waals surface area contributed by atoms with Crippen LogP contribution < -0.4 is 14.6 Å². The number of aromatic nitrogens is 2. The summed E-state index contributed by atoms with van der Waals surface area (Å²) >= 11 is 0. The maximum absolute atomic E-state index is 12.1. The molecule has 1 amide bonds. The Kier molecular flexibility index (Phi) is 20.0. The Morgan fingerprint density at radius 1 is 0.896 bits per heavy atom. The molecule has 0 fully saturated rings. The SMILES string of the molecule is CC(=O)Nc1ccc(OC(=O)Cn2cc[n+](C)c2)cc1.CCCCC(CC)COC(=O)CC(C(=O)OCC(CC)CCCC)S(=O)(=O)[O-]. The van der Waals surface area contributed by atoms with Crippen molar-refractivity contribution >= 4 is 39.6 Å². The number of hydrogen-bond donors (Lipinski definition) is 1. The van der Waals surface area contributed by atoms with Crippen molar-refractivity contribution < 1.29 is 50.9 Å². The van der Waals surface area contributed by atoms with Crippen molar-refractivity contribution in [2.75, 3.05) is 18.5 Å². The van der Waals surface area contributed by atoms with Gasteiger partial charge in [0.15, 0.2) is 11.8 Å². The molecule has 0 radical (unpaired) electrons. The van der Waals surface area contributed by atoms with E-state index in [9.17, 15) is 32.1 Å². The monoisotopic (exact) mass is 695 g/mol. The van der Waals surface area contributed by atoms with Crippen molar-refractivity contribution in [2.24, 2.45) is 18.9 Å². The lowest BCUT2D eigenvalue weighted by atomic mass is 10.0. The van der Waals surface area contributed by atoms with Gasteiger partial charge in [0.25, 0.3) is 0 Å². The van der Waals surface area contributed by atoms with Gasteiger partial charge in [-0.15, -0.1) is 0 Å². The predicted octanol–water partition coefficient (Wildman–Crippen LogP) is 4.69. The standard InChI is InChI=1S/C20H38O7S.C14H15N3O3/c1-5-9-11-16(7-3)14-26-19(21)13-18(28(23,24)25)20(22)27-15-17(8-4)12-10-6-2;1-11(18)15-12-3-5-13(6-4-12)20-14(19)9-17-8-7-16(2)10-17/h16-18H,5-15H2,1-4H3,(H,23,24,25);3-8,10H,9H2,1-2H3. The summed E-state index contributed by atoms with van der Waals surface area (Å²) in [5, 5.41) is 0.586. The molecule has 48 heavy (non-hydrogen) atoms. The Labute approximate surface area is 285 Å². The quantitative estimate of drug-likeness (QED) is 0.0886. The van der Waals surface area contributed by atoms with Crippen LogP contribution in [0.25, 0.3) is 0 Å². The lowest BCUT2D eigenvalue weighted by Crippen LogP contribution is -2.35. The van der Waals surface area contributed by atoms with Crippen molar-refractivity contribution in [3.63, 3.8) is 0 Å². The molecule has 14 heteroatoms. The topological polar surface area (TPSA) is 174 Å². The molecule has 0 bridgehead atoms. The van der Waals surface area contributed by atoms with E-state index in [1.807, 2.05) is 31.7 Å². The summed E-state index contributed by atoms with van der Waals surface area (Å²) in [5.74, 6) is -1.80. The van der Waals surface area contributed by atoms with Crippen LogP contribution in [-0.2, 0) is 52.4 Å². The molecular formula is C34H53N3O10S. The van der Waals surface area contributed by atoms with E-state index in [1.165, 1.54) is 6.92 Å². The van der Waals surface area contributed by atoms with E-state index in [2.05, 4.69) is 19.2 Å². The molecule has 0 aliphatic rings. The predicted molar refractivity (Wildman–Crippen MR) is 179 cm³/mol. The first-order chi connectivity index (χ1) is 22.7. The van der Waals surface area contributed by atoms with Crippen LogP contribution in [0, 0.1) is 11.8 Å². The largest absolute Gasteiger partial charge is 0.747 e. The summed E-state index contributed by atoms with van der Waals surface area (Å²) in [6, 6.07) is 6.64. The molecule has 2 aromatic rings. The van der Waals surface area contributed by atoms with Gasteiger partial charge in [0, 0.05) is 12.6 Å². The number of aryl methyl sites for hydroxylation is 1. The van der Waals surface area contributed by atoms with Gasteiger partial charge in [-0.2, -0.15) is 0 Å². The number of esters is 3. The summed E-state index contributed by atoms with van der Waals surface area (Å²) < 4.78 is 53.4. The molecule has 1 heterocycles. The molecule has 0 aliphatic carbocycles. The zero-order valence-electron chi connectivity index (χ0n) is 29.1. The Balaban J connectivity index is 0.000000504. The number of rotatable bonds is 20. The van der Waals surface area contributed by atoms with Crippen LogP contribution in [0.15, 0.2) is 43.0 Å². The van der Waals surface area contributed by atoms with Crippen molar-refractivity contribution in [1.29, 1.82) is 0 Å². The normalized spacial score (nSPS) is 12.9. The zero-order chi connectivity index (χ0) is 36.1. The van der Waals surface area contributed by atoms with Crippen molar-refractivity contribution in [2.45, 2.75) is 104 Å². The van der Waals surface area contributed by atoms with E-state index in [1.54, 1.807) is 41.4 Å². The minimum atomic E-state index is -5.01. The van der Waals surface area contributed by atoms with Crippen LogP contribution >= 0.6 is 0 Å². The number of nitrogens with zero attached hydrogens (tertiary/aromatic N) is 2. The molecule has 270 valence electrons. The van der Waals surface area contributed by atoms with Gasteiger partial charge in [-0.3, -0.25) is 14.4 Å². The molecule has 0 aliphatic heterocycles. The number of carbonyl (C=O) groups is 4. The van der Waals surface area contributed by atoms with Gasteiger partial charge in [-0.1, -0.05) is 66.2 Å². The van der Waals surface area contributed by atoms with Crippen molar-refractivity contribution in [3.05, 3.63) is 43.0 Å². The lowest BCUT2D eigenvalue weighted by Gasteiger charge is -2.21.